The van der Waals surface area contributed by atoms with Gasteiger partial charge in [0.15, 0.2) is 0 Å². The van der Waals surface area contributed by atoms with Crippen molar-refractivity contribution in [1.29, 1.82) is 0 Å². The molecule has 96 valence electrons. The molecule has 0 amide bonds. The molecule has 0 spiro atoms. The molecule has 0 bridgehead atoms. The van der Waals surface area contributed by atoms with Gasteiger partial charge >= 0.3 is 0 Å². The summed E-state index contributed by atoms with van der Waals surface area (Å²) in [6, 6.07) is 4.67. The van der Waals surface area contributed by atoms with Gasteiger partial charge in [-0.2, -0.15) is 0 Å². The van der Waals surface area contributed by atoms with E-state index in [-0.39, 0.29) is 11.5 Å². The Morgan fingerprint density at radius 3 is 1.94 bits per heavy atom. The fourth-order valence-corrected chi connectivity index (χ4v) is 2.22. The van der Waals surface area contributed by atoms with Crippen molar-refractivity contribution in [3.63, 3.8) is 0 Å². The first-order valence-electron chi connectivity index (χ1n) is 6.63. The quantitative estimate of drug-likeness (QED) is 0.806. The average Bonchev–Trinajstić information content (AvgIpc) is 2.69. The summed E-state index contributed by atoms with van der Waals surface area (Å²) in [6.45, 7) is 4.40. The monoisotopic (exact) mass is 236 g/mol. The molecular formula is C15H24O2. The summed E-state index contributed by atoms with van der Waals surface area (Å²) in [5.74, 6) is 1.31. The van der Waals surface area contributed by atoms with Gasteiger partial charge < -0.3 is 10.2 Å². The fraction of sp³-hybridized carbons (Fsp3) is 0.600. The van der Waals surface area contributed by atoms with Crippen LogP contribution in [0, 0.1) is 5.92 Å². The van der Waals surface area contributed by atoms with Gasteiger partial charge in [-0.25, -0.2) is 0 Å². The lowest BCUT2D eigenvalue weighted by molar-refractivity contribution is 0.449. The molecule has 1 fully saturated rings. The minimum Gasteiger partial charge on any atom is -0.508 e. The molecule has 0 heterocycles. The van der Waals surface area contributed by atoms with Crippen LogP contribution in [-0.2, 0) is 6.42 Å². The molecule has 1 aliphatic carbocycles. The van der Waals surface area contributed by atoms with E-state index in [9.17, 15) is 0 Å². The molecule has 17 heavy (non-hydrogen) atoms. The second-order valence-electron chi connectivity index (χ2n) is 5.00. The number of hydrogen-bond acceptors (Lipinski definition) is 2. The molecule has 2 N–H and O–H groups in total. The molecule has 1 saturated carbocycles. The Bertz CT molecular complexity index is 307. The van der Waals surface area contributed by atoms with Crippen LogP contribution in [0.15, 0.2) is 18.2 Å². The lowest BCUT2D eigenvalue weighted by Gasteiger charge is -2.00. The fourth-order valence-electron chi connectivity index (χ4n) is 2.22. The van der Waals surface area contributed by atoms with Gasteiger partial charge in [-0.1, -0.05) is 46.0 Å². The molecule has 0 unspecified atom stereocenters. The van der Waals surface area contributed by atoms with Crippen molar-refractivity contribution in [2.45, 2.75) is 52.4 Å². The van der Waals surface area contributed by atoms with Crippen LogP contribution in [0.4, 0.5) is 0 Å². The molecule has 1 aromatic rings. The summed E-state index contributed by atoms with van der Waals surface area (Å²) in [5.41, 5.74) is 0.977. The molecule has 1 aromatic carbocycles. The third-order valence-corrected chi connectivity index (χ3v) is 3.14. The first kappa shape index (κ1) is 13.9. The highest BCUT2D eigenvalue weighted by Gasteiger charge is 2.07. The predicted molar refractivity (Wildman–Crippen MR) is 71.4 cm³/mol. The molecular weight excluding hydrogens is 212 g/mol. The van der Waals surface area contributed by atoms with Crippen LogP contribution in [0.1, 0.15) is 51.5 Å². The summed E-state index contributed by atoms with van der Waals surface area (Å²) < 4.78 is 0. The number of aryl methyl sites for hydroxylation is 1. The maximum Gasteiger partial charge on any atom is 0.119 e. The summed E-state index contributed by atoms with van der Waals surface area (Å²) in [4.78, 5) is 0. The first-order valence-corrected chi connectivity index (χ1v) is 6.63. The van der Waals surface area contributed by atoms with Crippen LogP contribution in [-0.4, -0.2) is 10.2 Å². The second kappa shape index (κ2) is 7.21. The highest BCUT2D eigenvalue weighted by molar-refractivity contribution is 5.36. The number of rotatable bonds is 2. The largest absolute Gasteiger partial charge is 0.508 e. The van der Waals surface area contributed by atoms with Gasteiger partial charge in [0, 0.05) is 6.07 Å². The van der Waals surface area contributed by atoms with Crippen LogP contribution < -0.4 is 0 Å². The average molecular weight is 236 g/mol. The second-order valence-corrected chi connectivity index (χ2v) is 5.00. The van der Waals surface area contributed by atoms with E-state index in [1.807, 2.05) is 0 Å². The lowest BCUT2D eigenvalue weighted by atomic mass is 10.1. The van der Waals surface area contributed by atoms with Crippen molar-refractivity contribution in [1.82, 2.24) is 0 Å². The van der Waals surface area contributed by atoms with E-state index in [0.717, 1.165) is 24.3 Å². The zero-order valence-electron chi connectivity index (χ0n) is 10.9. The maximum absolute atomic E-state index is 9.06. The summed E-state index contributed by atoms with van der Waals surface area (Å²) >= 11 is 0. The third-order valence-electron chi connectivity index (χ3n) is 3.14. The molecule has 0 saturated heterocycles. The van der Waals surface area contributed by atoms with Crippen LogP contribution in [0.2, 0.25) is 0 Å². The number of hydrogen-bond donors (Lipinski definition) is 2. The van der Waals surface area contributed by atoms with E-state index in [1.54, 1.807) is 12.1 Å². The van der Waals surface area contributed by atoms with Crippen LogP contribution in [0.3, 0.4) is 0 Å². The van der Waals surface area contributed by atoms with Gasteiger partial charge in [0.2, 0.25) is 0 Å². The predicted octanol–water partition coefficient (Wildman–Crippen LogP) is 4.25. The van der Waals surface area contributed by atoms with Gasteiger partial charge in [-0.15, -0.1) is 0 Å². The van der Waals surface area contributed by atoms with Crippen molar-refractivity contribution >= 4 is 0 Å². The summed E-state index contributed by atoms with van der Waals surface area (Å²) in [6.07, 6.45) is 7.85. The first-order chi connectivity index (χ1) is 8.11. The van der Waals surface area contributed by atoms with Crippen molar-refractivity contribution in [3.8, 4) is 11.5 Å². The van der Waals surface area contributed by atoms with Crippen molar-refractivity contribution in [3.05, 3.63) is 23.8 Å². The topological polar surface area (TPSA) is 40.5 Å². The Kier molecular flexibility index (Phi) is 5.88. The normalized spacial score (nSPS) is 15.4. The number of aromatic hydroxyl groups is 2. The smallest absolute Gasteiger partial charge is 0.119 e. The molecule has 2 nitrogen and oxygen atoms in total. The number of benzene rings is 1. The molecule has 0 radical (unpaired) electrons. The minimum atomic E-state index is 0.133. The Labute approximate surface area is 104 Å². The van der Waals surface area contributed by atoms with Crippen molar-refractivity contribution in [2.75, 3.05) is 0 Å². The number of phenols is 2. The van der Waals surface area contributed by atoms with Gasteiger partial charge in [0.05, 0.1) is 0 Å². The molecule has 0 aromatic heterocycles. The van der Waals surface area contributed by atoms with E-state index in [4.69, 9.17) is 10.2 Å². The number of phenolic OH excluding ortho intramolecular Hbond substituents is 2. The molecule has 2 rings (SSSR count). The van der Waals surface area contributed by atoms with Gasteiger partial charge in [-0.05, 0) is 30.0 Å². The summed E-state index contributed by atoms with van der Waals surface area (Å²) in [5, 5.41) is 18.1. The molecule has 2 heteroatoms. The van der Waals surface area contributed by atoms with Gasteiger partial charge in [-0.3, -0.25) is 0 Å². The Balaban J connectivity index is 0.000000202. The molecule has 1 aliphatic rings. The zero-order chi connectivity index (χ0) is 12.7. The van der Waals surface area contributed by atoms with Crippen LogP contribution >= 0.6 is 0 Å². The van der Waals surface area contributed by atoms with Crippen molar-refractivity contribution in [2.24, 2.45) is 5.92 Å². The maximum atomic E-state index is 9.06. The van der Waals surface area contributed by atoms with E-state index < -0.39 is 0 Å². The minimum absolute atomic E-state index is 0.133. The van der Waals surface area contributed by atoms with E-state index in [1.165, 1.54) is 31.7 Å². The highest BCUT2D eigenvalue weighted by Crippen LogP contribution is 2.23. The zero-order valence-corrected chi connectivity index (χ0v) is 10.9. The summed E-state index contributed by atoms with van der Waals surface area (Å²) in [7, 11) is 0. The van der Waals surface area contributed by atoms with Gasteiger partial charge in [0.25, 0.3) is 0 Å². The van der Waals surface area contributed by atoms with Crippen LogP contribution in [0.25, 0.3) is 0 Å². The lowest BCUT2D eigenvalue weighted by Crippen LogP contribution is -1.81. The van der Waals surface area contributed by atoms with Crippen LogP contribution in [0.5, 0.6) is 11.5 Å². The van der Waals surface area contributed by atoms with E-state index in [2.05, 4.69) is 13.8 Å². The van der Waals surface area contributed by atoms with E-state index >= 15 is 0 Å². The van der Waals surface area contributed by atoms with E-state index in [0.29, 0.717) is 0 Å². The molecule has 0 atom stereocenters. The van der Waals surface area contributed by atoms with Crippen molar-refractivity contribution < 1.29 is 10.2 Å². The standard InChI is InChI=1S/C9H12O2.C6H12/c1-2-3-7-4-8(10)6-9(11)5-7;1-6-4-2-3-5-6/h4-6,10-11H,2-3H2,1H3;6H,2-5H2,1H3. The highest BCUT2D eigenvalue weighted by atomic mass is 16.3. The Morgan fingerprint density at radius 2 is 1.59 bits per heavy atom. The van der Waals surface area contributed by atoms with Gasteiger partial charge in [0.1, 0.15) is 11.5 Å². The molecule has 0 aliphatic heterocycles. The Hall–Kier alpha value is -1.18. The SMILES string of the molecule is CC1CCCC1.CCCc1cc(O)cc(O)c1. The Morgan fingerprint density at radius 1 is 1.06 bits per heavy atom. The third kappa shape index (κ3) is 5.62.